The number of benzene rings is 2. The molecule has 0 bridgehead atoms. The lowest BCUT2D eigenvalue weighted by atomic mass is 10.0. The average molecular weight is 458 g/mol. The summed E-state index contributed by atoms with van der Waals surface area (Å²) in [7, 11) is -3.97. The number of carboxylic acids is 1. The highest BCUT2D eigenvalue weighted by Crippen LogP contribution is 2.38. The lowest BCUT2D eigenvalue weighted by molar-refractivity contribution is -0.140. The summed E-state index contributed by atoms with van der Waals surface area (Å²) in [6.45, 7) is 7.27. The van der Waals surface area contributed by atoms with Crippen molar-refractivity contribution >= 4 is 47.5 Å². The van der Waals surface area contributed by atoms with Crippen molar-refractivity contribution in [1.82, 2.24) is 14.9 Å². The van der Waals surface area contributed by atoms with Gasteiger partial charge in [0.25, 0.3) is 0 Å². The van der Waals surface area contributed by atoms with E-state index in [0.717, 1.165) is 42.7 Å². The molecule has 0 saturated carbocycles. The van der Waals surface area contributed by atoms with Crippen molar-refractivity contribution in [3.63, 3.8) is 0 Å². The molecule has 2 heterocycles. The highest BCUT2D eigenvalue weighted by Gasteiger charge is 2.28. The van der Waals surface area contributed by atoms with Crippen LogP contribution >= 0.6 is 11.3 Å². The fraction of sp³-hybridized carbons (Fsp3) is 0.273. The maximum atomic E-state index is 12.8. The van der Waals surface area contributed by atoms with Gasteiger partial charge >= 0.3 is 5.97 Å². The quantitative estimate of drug-likeness (QED) is 0.396. The third-order valence-electron chi connectivity index (χ3n) is 5.38. The SMILES string of the molecule is Cc1n[nH]c(C)c1-c1ccc2sc3cc(S(=O)(=O)N[C@H](C(=O)O)C(C)C)ccc3c2c1. The molecule has 4 rings (SSSR count). The van der Waals surface area contributed by atoms with Crippen LogP contribution in [0, 0.1) is 19.8 Å². The highest BCUT2D eigenvalue weighted by atomic mass is 32.2. The van der Waals surface area contributed by atoms with Gasteiger partial charge in [-0.25, -0.2) is 8.42 Å². The van der Waals surface area contributed by atoms with Crippen molar-refractivity contribution in [2.45, 2.75) is 38.6 Å². The third-order valence-corrected chi connectivity index (χ3v) is 7.96. The fourth-order valence-electron chi connectivity index (χ4n) is 3.76. The van der Waals surface area contributed by atoms with E-state index in [9.17, 15) is 18.3 Å². The maximum Gasteiger partial charge on any atom is 0.322 e. The van der Waals surface area contributed by atoms with E-state index in [0.29, 0.717) is 0 Å². The number of rotatable bonds is 6. The van der Waals surface area contributed by atoms with Crippen LogP contribution in [0.25, 0.3) is 31.3 Å². The monoisotopic (exact) mass is 457 g/mol. The summed E-state index contributed by atoms with van der Waals surface area (Å²) in [6.07, 6.45) is 0. The number of nitrogens with one attached hydrogen (secondary N) is 2. The van der Waals surface area contributed by atoms with E-state index in [1.807, 2.05) is 26.0 Å². The largest absolute Gasteiger partial charge is 0.480 e. The first kappa shape index (κ1) is 21.5. The number of hydrogen-bond acceptors (Lipinski definition) is 5. The first-order valence-corrected chi connectivity index (χ1v) is 12.1. The molecule has 2 aromatic heterocycles. The van der Waals surface area contributed by atoms with Crippen LogP contribution < -0.4 is 4.72 Å². The van der Waals surface area contributed by atoms with Crippen LogP contribution in [-0.4, -0.2) is 35.7 Å². The molecular formula is C22H23N3O4S2. The molecule has 9 heteroatoms. The maximum absolute atomic E-state index is 12.8. The van der Waals surface area contributed by atoms with E-state index >= 15 is 0 Å². The van der Waals surface area contributed by atoms with Gasteiger partial charge in [0.1, 0.15) is 6.04 Å². The Morgan fingerprint density at radius 3 is 2.45 bits per heavy atom. The number of thiophene rings is 1. The first-order chi connectivity index (χ1) is 14.6. The third kappa shape index (κ3) is 3.84. The van der Waals surface area contributed by atoms with Gasteiger partial charge in [0, 0.05) is 31.4 Å². The molecule has 0 aliphatic rings. The highest BCUT2D eigenvalue weighted by molar-refractivity contribution is 7.89. The Balaban J connectivity index is 1.78. The molecule has 0 spiro atoms. The van der Waals surface area contributed by atoms with E-state index in [1.165, 1.54) is 17.4 Å². The molecule has 0 radical (unpaired) electrons. The lowest BCUT2D eigenvalue weighted by Gasteiger charge is -2.18. The standard InChI is InChI=1S/C22H23N3O4S2/c1-11(2)21(22(26)27)25-31(28,29)15-6-7-16-17-9-14(20-12(3)23-24-13(20)4)5-8-18(17)30-19(16)10-15/h5-11,21,25H,1-4H3,(H,23,24)(H,26,27)/t21-/m0/s1. The molecule has 4 aromatic rings. The van der Waals surface area contributed by atoms with Crippen LogP contribution in [0.15, 0.2) is 41.3 Å². The Bertz CT molecular complexity index is 1400. The topological polar surface area (TPSA) is 112 Å². The summed E-state index contributed by atoms with van der Waals surface area (Å²) in [5.41, 5.74) is 4.04. The summed E-state index contributed by atoms with van der Waals surface area (Å²) < 4.78 is 29.8. The Hall–Kier alpha value is -2.75. The van der Waals surface area contributed by atoms with Crippen LogP contribution in [0.3, 0.4) is 0 Å². The predicted octanol–water partition coefficient (Wildman–Crippen LogP) is 4.45. The zero-order valence-electron chi connectivity index (χ0n) is 17.6. The fourth-order valence-corrected chi connectivity index (χ4v) is 6.33. The molecule has 1 atom stereocenters. The summed E-state index contributed by atoms with van der Waals surface area (Å²) in [5, 5.41) is 18.6. The summed E-state index contributed by atoms with van der Waals surface area (Å²) in [5.74, 6) is -1.58. The van der Waals surface area contributed by atoms with Crippen LogP contribution in [-0.2, 0) is 14.8 Å². The van der Waals surface area contributed by atoms with Gasteiger partial charge < -0.3 is 5.11 Å². The minimum atomic E-state index is -3.97. The molecule has 0 unspecified atom stereocenters. The smallest absolute Gasteiger partial charge is 0.322 e. The van der Waals surface area contributed by atoms with Gasteiger partial charge in [-0.05, 0) is 49.6 Å². The average Bonchev–Trinajstić information content (AvgIpc) is 3.24. The number of aryl methyl sites for hydroxylation is 2. The van der Waals surface area contributed by atoms with Gasteiger partial charge in [0.05, 0.1) is 10.6 Å². The van der Waals surface area contributed by atoms with Crippen molar-refractivity contribution in [2.24, 2.45) is 5.92 Å². The second-order valence-corrected chi connectivity index (χ2v) is 10.8. The number of aromatic nitrogens is 2. The predicted molar refractivity (Wildman–Crippen MR) is 123 cm³/mol. The number of aliphatic carboxylic acids is 1. The minimum Gasteiger partial charge on any atom is -0.480 e. The number of fused-ring (bicyclic) bond motifs is 3. The van der Waals surface area contributed by atoms with Gasteiger partial charge in [-0.1, -0.05) is 26.0 Å². The Morgan fingerprint density at radius 1 is 1.10 bits per heavy atom. The van der Waals surface area contributed by atoms with E-state index in [1.54, 1.807) is 26.0 Å². The number of hydrogen-bond donors (Lipinski definition) is 3. The number of carboxylic acid groups (broad SMARTS) is 1. The van der Waals surface area contributed by atoms with E-state index < -0.39 is 22.0 Å². The van der Waals surface area contributed by atoms with Gasteiger partial charge in [-0.15, -0.1) is 11.3 Å². The normalized spacial score (nSPS) is 13.3. The molecule has 31 heavy (non-hydrogen) atoms. The second kappa shape index (κ2) is 7.74. The van der Waals surface area contributed by atoms with Crippen molar-refractivity contribution in [1.29, 1.82) is 0 Å². The summed E-state index contributed by atoms with van der Waals surface area (Å²) in [6, 6.07) is 9.91. The molecule has 7 nitrogen and oxygen atoms in total. The molecule has 162 valence electrons. The number of carbonyl (C=O) groups is 1. The molecule has 0 fully saturated rings. The molecule has 0 aliphatic heterocycles. The van der Waals surface area contributed by atoms with Crippen LogP contribution in [0.4, 0.5) is 0 Å². The van der Waals surface area contributed by atoms with Crippen molar-refractivity contribution in [2.75, 3.05) is 0 Å². The number of nitrogens with zero attached hydrogens (tertiary/aromatic N) is 1. The Kier molecular flexibility index (Phi) is 5.36. The van der Waals surface area contributed by atoms with Gasteiger partial charge in [-0.2, -0.15) is 9.82 Å². The Morgan fingerprint density at radius 2 is 1.84 bits per heavy atom. The number of sulfonamides is 1. The second-order valence-electron chi connectivity index (χ2n) is 7.96. The molecule has 2 aromatic carbocycles. The number of H-pyrrole nitrogens is 1. The van der Waals surface area contributed by atoms with E-state index in [2.05, 4.69) is 21.0 Å². The lowest BCUT2D eigenvalue weighted by Crippen LogP contribution is -2.44. The van der Waals surface area contributed by atoms with Crippen LogP contribution in [0.5, 0.6) is 0 Å². The summed E-state index contributed by atoms with van der Waals surface area (Å²) >= 11 is 1.51. The van der Waals surface area contributed by atoms with E-state index in [4.69, 9.17) is 0 Å². The molecule has 0 aliphatic carbocycles. The summed E-state index contributed by atoms with van der Waals surface area (Å²) in [4.78, 5) is 11.5. The van der Waals surface area contributed by atoms with E-state index in [-0.39, 0.29) is 10.8 Å². The van der Waals surface area contributed by atoms with Crippen molar-refractivity contribution in [3.05, 3.63) is 47.8 Å². The zero-order chi connectivity index (χ0) is 22.5. The Labute approximate surface area is 184 Å². The molecule has 0 saturated heterocycles. The van der Waals surface area contributed by atoms with Gasteiger partial charge in [-0.3, -0.25) is 9.89 Å². The van der Waals surface area contributed by atoms with Crippen molar-refractivity contribution < 1.29 is 18.3 Å². The van der Waals surface area contributed by atoms with Gasteiger partial charge in [0.15, 0.2) is 0 Å². The van der Waals surface area contributed by atoms with Crippen molar-refractivity contribution in [3.8, 4) is 11.1 Å². The molecule has 0 amide bonds. The van der Waals surface area contributed by atoms with Gasteiger partial charge in [0.2, 0.25) is 10.0 Å². The van der Waals surface area contributed by atoms with Crippen LogP contribution in [0.2, 0.25) is 0 Å². The van der Waals surface area contributed by atoms with Crippen LogP contribution in [0.1, 0.15) is 25.2 Å². The first-order valence-electron chi connectivity index (χ1n) is 9.82. The minimum absolute atomic E-state index is 0.0557. The number of aromatic amines is 1. The zero-order valence-corrected chi connectivity index (χ0v) is 19.2. The molecular weight excluding hydrogens is 434 g/mol. The molecule has 3 N–H and O–H groups in total.